The molecule has 108 valence electrons. The Morgan fingerprint density at radius 2 is 1.00 bits per heavy atom. The predicted molar refractivity (Wildman–Crippen MR) is 42.8 cm³/mol. The summed E-state index contributed by atoms with van der Waals surface area (Å²) in [7, 11) is 0. The summed E-state index contributed by atoms with van der Waals surface area (Å²) >= 11 is 0. The largest absolute Gasteiger partial charge is 0.534 e. The fourth-order valence-corrected chi connectivity index (χ4v) is 1.11. The highest BCUT2D eigenvalue weighted by atomic mass is 19.4. The van der Waals surface area contributed by atoms with Gasteiger partial charge >= 0.3 is 24.1 Å². The molecule has 0 amide bonds. The summed E-state index contributed by atoms with van der Waals surface area (Å²) in [4.78, 5) is 0. The zero-order chi connectivity index (χ0) is 15.1. The molecule has 0 aromatic carbocycles. The van der Waals surface area contributed by atoms with Gasteiger partial charge in [-0.05, 0) is 0 Å². The third-order valence-corrected chi connectivity index (χ3v) is 2.17. The van der Waals surface area contributed by atoms with Crippen molar-refractivity contribution >= 4 is 0 Å². The van der Waals surface area contributed by atoms with E-state index in [9.17, 15) is 39.5 Å². The first-order valence-corrected chi connectivity index (χ1v) is 4.52. The molecule has 0 aliphatic carbocycles. The van der Waals surface area contributed by atoms with Gasteiger partial charge in [-0.2, -0.15) is 30.7 Å². The summed E-state index contributed by atoms with van der Waals surface area (Å²) in [6.45, 7) is 0. The van der Waals surface area contributed by atoms with Crippen LogP contribution in [0.3, 0.4) is 0 Å². The van der Waals surface area contributed by atoms with E-state index in [-0.39, 0.29) is 12.4 Å². The van der Waals surface area contributed by atoms with Gasteiger partial charge in [-0.25, -0.2) is 0 Å². The van der Waals surface area contributed by atoms with E-state index in [0.717, 1.165) is 18.2 Å². The van der Waals surface area contributed by atoms with Crippen molar-refractivity contribution in [2.24, 2.45) is 0 Å². The van der Waals surface area contributed by atoms with Gasteiger partial charge in [-0.3, -0.25) is 0 Å². The van der Waals surface area contributed by atoms with Crippen LogP contribution >= 0.6 is 0 Å². The Morgan fingerprint density at radius 3 is 1.37 bits per heavy atom. The number of nitrogens with zero attached hydrogens (tertiary/aromatic N) is 1. The van der Waals surface area contributed by atoms with Crippen molar-refractivity contribution in [2.45, 2.75) is 24.1 Å². The van der Waals surface area contributed by atoms with Crippen molar-refractivity contribution in [3.8, 4) is 0 Å². The second-order valence-electron chi connectivity index (χ2n) is 3.47. The van der Waals surface area contributed by atoms with Crippen LogP contribution in [0, 0.1) is 0 Å². The Bertz CT molecular complexity index is 437. The van der Waals surface area contributed by atoms with Crippen LogP contribution in [0.2, 0.25) is 0 Å². The molecular weight excluding hydrogens is 293 g/mol. The van der Waals surface area contributed by atoms with Gasteiger partial charge in [0.15, 0.2) is 12.4 Å². The zero-order valence-corrected chi connectivity index (χ0v) is 8.74. The van der Waals surface area contributed by atoms with E-state index in [4.69, 9.17) is 0 Å². The lowest BCUT2D eigenvalue weighted by molar-refractivity contribution is -0.850. The first kappa shape index (κ1) is 15.6. The monoisotopic (exact) mass is 298 g/mol. The average molecular weight is 298 g/mol. The molecule has 1 heterocycles. The maximum atomic E-state index is 13.2. The van der Waals surface area contributed by atoms with Crippen LogP contribution in [0.15, 0.2) is 30.6 Å². The van der Waals surface area contributed by atoms with Crippen molar-refractivity contribution in [2.75, 3.05) is 0 Å². The number of hydrogen-bond acceptors (Lipinski definition) is 0. The standard InChI is InChI=1S/C9H5F9N/c10-6(11,8(14,15)16)7(12,13)9(17,18)19-4-2-1-3-5-19/h1-5H/q+1. The van der Waals surface area contributed by atoms with E-state index in [1.165, 1.54) is 0 Å². The second kappa shape index (κ2) is 4.27. The third kappa shape index (κ3) is 2.23. The smallest absolute Gasteiger partial charge is 0.189 e. The lowest BCUT2D eigenvalue weighted by atomic mass is 10.1. The van der Waals surface area contributed by atoms with E-state index < -0.39 is 28.6 Å². The molecular formula is C9H5F9N+. The highest BCUT2D eigenvalue weighted by molar-refractivity contribution is 4.95. The van der Waals surface area contributed by atoms with E-state index in [2.05, 4.69) is 0 Å². The lowest BCUT2D eigenvalue weighted by Gasteiger charge is -2.29. The highest BCUT2D eigenvalue weighted by Gasteiger charge is 2.86. The van der Waals surface area contributed by atoms with Gasteiger partial charge < -0.3 is 0 Å². The molecule has 0 bridgehead atoms. The van der Waals surface area contributed by atoms with Crippen LogP contribution in [0.1, 0.15) is 0 Å². The van der Waals surface area contributed by atoms with Gasteiger partial charge in [0.2, 0.25) is 0 Å². The van der Waals surface area contributed by atoms with Crippen LogP contribution in [0.25, 0.3) is 0 Å². The number of hydrogen-bond donors (Lipinski definition) is 0. The molecule has 0 aliphatic rings. The van der Waals surface area contributed by atoms with Crippen molar-refractivity contribution in [1.82, 2.24) is 0 Å². The summed E-state index contributed by atoms with van der Waals surface area (Å²) in [6.07, 6.45) is -6.31. The van der Waals surface area contributed by atoms with Gasteiger partial charge in [-0.1, -0.05) is 6.07 Å². The van der Waals surface area contributed by atoms with E-state index in [1.807, 2.05) is 0 Å². The minimum absolute atomic E-state index is 0.250. The summed E-state index contributed by atoms with van der Waals surface area (Å²) in [5.41, 5.74) is 0. The maximum absolute atomic E-state index is 13.2. The molecule has 0 fully saturated rings. The van der Waals surface area contributed by atoms with Crippen molar-refractivity contribution in [1.29, 1.82) is 0 Å². The minimum atomic E-state index is -6.88. The fraction of sp³-hybridized carbons (Fsp3) is 0.444. The second-order valence-corrected chi connectivity index (χ2v) is 3.47. The van der Waals surface area contributed by atoms with Crippen LogP contribution in [0.4, 0.5) is 39.5 Å². The third-order valence-electron chi connectivity index (χ3n) is 2.17. The van der Waals surface area contributed by atoms with Crippen molar-refractivity contribution < 1.29 is 44.1 Å². The molecule has 0 atom stereocenters. The number of aromatic nitrogens is 1. The summed E-state index contributed by atoms with van der Waals surface area (Å²) in [5, 5.41) is 0. The quantitative estimate of drug-likeness (QED) is 0.595. The summed E-state index contributed by atoms with van der Waals surface area (Å²) < 4.78 is 112. The molecule has 1 rings (SSSR count). The Kier molecular flexibility index (Phi) is 3.50. The van der Waals surface area contributed by atoms with Gasteiger partial charge in [-0.15, -0.1) is 13.3 Å². The number of rotatable bonds is 3. The number of pyridine rings is 1. The summed E-state index contributed by atoms with van der Waals surface area (Å²) in [5.74, 6) is -13.5. The molecule has 0 spiro atoms. The van der Waals surface area contributed by atoms with Crippen LogP contribution < -0.4 is 4.57 Å². The number of halogens is 9. The number of alkyl halides is 9. The molecule has 0 aliphatic heterocycles. The Morgan fingerprint density at radius 1 is 0.579 bits per heavy atom. The zero-order valence-electron chi connectivity index (χ0n) is 8.74. The van der Waals surface area contributed by atoms with Crippen LogP contribution in [-0.4, -0.2) is 18.0 Å². The van der Waals surface area contributed by atoms with Gasteiger partial charge in [0.25, 0.3) is 0 Å². The predicted octanol–water partition coefficient (Wildman–Crippen LogP) is 3.36. The Labute approximate surface area is 99.8 Å². The van der Waals surface area contributed by atoms with E-state index in [1.54, 1.807) is 0 Å². The lowest BCUT2D eigenvalue weighted by Crippen LogP contribution is -2.69. The summed E-state index contributed by atoms with van der Waals surface area (Å²) in [6, 6.07) is -3.12. The van der Waals surface area contributed by atoms with Gasteiger partial charge in [0.1, 0.15) is 0 Å². The molecule has 1 nitrogen and oxygen atoms in total. The molecule has 0 radical (unpaired) electrons. The fourth-order valence-electron chi connectivity index (χ4n) is 1.11. The molecule has 0 N–H and O–H groups in total. The molecule has 0 saturated carbocycles. The average Bonchev–Trinajstić information content (AvgIpc) is 2.28. The van der Waals surface area contributed by atoms with Crippen molar-refractivity contribution in [3.05, 3.63) is 30.6 Å². The van der Waals surface area contributed by atoms with Crippen molar-refractivity contribution in [3.63, 3.8) is 0 Å². The molecule has 0 unspecified atom stereocenters. The van der Waals surface area contributed by atoms with Crippen LogP contribution in [0.5, 0.6) is 0 Å². The molecule has 1 aromatic rings. The topological polar surface area (TPSA) is 3.88 Å². The van der Waals surface area contributed by atoms with Gasteiger partial charge in [0, 0.05) is 12.1 Å². The maximum Gasteiger partial charge on any atom is 0.534 e. The first-order valence-electron chi connectivity index (χ1n) is 4.52. The molecule has 19 heavy (non-hydrogen) atoms. The van der Waals surface area contributed by atoms with E-state index in [0.29, 0.717) is 0 Å². The van der Waals surface area contributed by atoms with E-state index >= 15 is 0 Å². The highest BCUT2D eigenvalue weighted by Crippen LogP contribution is 2.53. The SMILES string of the molecule is FC(F)(F)C(F)(F)C(F)(F)C(F)(F)[n+]1ccccc1. The Balaban J connectivity index is 3.34. The molecule has 10 heteroatoms. The van der Waals surface area contributed by atoms with Gasteiger partial charge in [0.05, 0.1) is 0 Å². The first-order chi connectivity index (χ1) is 8.36. The molecule has 0 saturated heterocycles. The Hall–Kier alpha value is -1.48. The normalized spacial score (nSPS) is 14.6. The minimum Gasteiger partial charge on any atom is -0.189 e. The van der Waals surface area contributed by atoms with Crippen LogP contribution in [-0.2, 0) is 6.05 Å². The molecule has 1 aromatic heterocycles.